The van der Waals surface area contributed by atoms with E-state index in [1.165, 1.54) is 0 Å². The molecule has 0 bridgehead atoms. The topological polar surface area (TPSA) is 70.6 Å². The lowest BCUT2D eigenvalue weighted by Gasteiger charge is -2.12. The highest BCUT2D eigenvalue weighted by molar-refractivity contribution is 6.30. The van der Waals surface area contributed by atoms with E-state index in [9.17, 15) is 4.79 Å². The van der Waals surface area contributed by atoms with Gasteiger partial charge in [-0.25, -0.2) is 0 Å². The summed E-state index contributed by atoms with van der Waals surface area (Å²) in [5.74, 6) is 0.529. The number of aliphatic hydroxyl groups excluding tert-OH is 1. The average Bonchev–Trinajstić information content (AvgIpc) is 2.58. The lowest BCUT2D eigenvalue weighted by atomic mass is 10.1. The van der Waals surface area contributed by atoms with E-state index < -0.39 is 0 Å². The fourth-order valence-corrected chi connectivity index (χ4v) is 2.32. The Balaban J connectivity index is 2.06. The predicted octanol–water partition coefficient (Wildman–Crippen LogP) is 2.68. The summed E-state index contributed by atoms with van der Waals surface area (Å²) < 4.78 is 5.31. The highest BCUT2D eigenvalue weighted by Gasteiger charge is 2.07. The summed E-state index contributed by atoms with van der Waals surface area (Å²) in [6, 6.07) is 12.6. The molecule has 0 heterocycles. The third-order valence-electron chi connectivity index (χ3n) is 3.25. The van der Waals surface area contributed by atoms with Crippen molar-refractivity contribution in [1.82, 2.24) is 5.32 Å². The molecule has 0 unspecified atom stereocenters. The Morgan fingerprint density at radius 2 is 2.09 bits per heavy atom. The van der Waals surface area contributed by atoms with Crippen LogP contribution in [0.5, 0.6) is 5.75 Å². The summed E-state index contributed by atoms with van der Waals surface area (Å²) in [4.78, 5) is 11.9. The molecule has 0 aliphatic heterocycles. The first-order valence-corrected chi connectivity index (χ1v) is 7.57. The SMILES string of the molecule is COc1ccc(Cl)cc1CNc1cccc(C(=O)NCCO)c1. The Morgan fingerprint density at radius 3 is 2.83 bits per heavy atom. The van der Waals surface area contributed by atoms with Crippen LogP contribution in [-0.2, 0) is 6.54 Å². The van der Waals surface area contributed by atoms with Crippen molar-refractivity contribution in [2.45, 2.75) is 6.54 Å². The van der Waals surface area contributed by atoms with E-state index in [1.807, 2.05) is 18.2 Å². The number of halogens is 1. The highest BCUT2D eigenvalue weighted by atomic mass is 35.5. The molecule has 2 aromatic carbocycles. The minimum absolute atomic E-state index is 0.0851. The lowest BCUT2D eigenvalue weighted by Crippen LogP contribution is -2.26. The minimum Gasteiger partial charge on any atom is -0.496 e. The molecule has 23 heavy (non-hydrogen) atoms. The van der Waals surface area contributed by atoms with Crippen LogP contribution in [0.15, 0.2) is 42.5 Å². The maximum atomic E-state index is 11.9. The van der Waals surface area contributed by atoms with Gasteiger partial charge in [0.1, 0.15) is 5.75 Å². The van der Waals surface area contributed by atoms with Gasteiger partial charge in [0.15, 0.2) is 0 Å². The molecule has 0 spiro atoms. The van der Waals surface area contributed by atoms with Gasteiger partial charge in [-0.2, -0.15) is 0 Å². The number of nitrogens with one attached hydrogen (secondary N) is 2. The van der Waals surface area contributed by atoms with Crippen molar-refractivity contribution in [2.24, 2.45) is 0 Å². The number of methoxy groups -OCH3 is 1. The number of amides is 1. The van der Waals surface area contributed by atoms with Gasteiger partial charge in [0, 0.05) is 34.9 Å². The van der Waals surface area contributed by atoms with Crippen LogP contribution in [-0.4, -0.2) is 31.3 Å². The normalized spacial score (nSPS) is 10.2. The lowest BCUT2D eigenvalue weighted by molar-refractivity contribution is 0.0945. The molecule has 1 amide bonds. The summed E-state index contributed by atoms with van der Waals surface area (Å²) in [6.45, 7) is 0.667. The second kappa shape index (κ2) is 8.41. The first-order chi connectivity index (χ1) is 11.1. The standard InChI is InChI=1S/C17H19ClN2O3/c1-23-16-6-5-14(18)9-13(16)11-20-15-4-2-3-12(10-15)17(22)19-7-8-21/h2-6,9-10,20-21H,7-8,11H2,1H3,(H,19,22). The van der Waals surface area contributed by atoms with Gasteiger partial charge in [0.25, 0.3) is 5.91 Å². The van der Waals surface area contributed by atoms with Crippen molar-refractivity contribution >= 4 is 23.2 Å². The molecular weight excluding hydrogens is 316 g/mol. The third-order valence-corrected chi connectivity index (χ3v) is 3.48. The molecule has 0 radical (unpaired) electrons. The molecule has 2 aromatic rings. The van der Waals surface area contributed by atoms with E-state index in [0.29, 0.717) is 17.1 Å². The number of rotatable bonds is 7. The number of aliphatic hydroxyl groups is 1. The molecule has 0 fully saturated rings. The van der Waals surface area contributed by atoms with E-state index >= 15 is 0 Å². The number of ether oxygens (including phenoxy) is 1. The Hall–Kier alpha value is -2.24. The largest absolute Gasteiger partial charge is 0.496 e. The van der Waals surface area contributed by atoms with Gasteiger partial charge in [-0.15, -0.1) is 0 Å². The first kappa shape index (κ1) is 17.1. The number of hydrogen-bond donors (Lipinski definition) is 3. The minimum atomic E-state index is -0.219. The van der Waals surface area contributed by atoms with Crippen LogP contribution in [0.2, 0.25) is 5.02 Å². The predicted molar refractivity (Wildman–Crippen MR) is 91.2 cm³/mol. The molecular formula is C17H19ClN2O3. The second-order valence-corrected chi connectivity index (χ2v) is 5.31. The van der Waals surface area contributed by atoms with E-state index in [-0.39, 0.29) is 19.1 Å². The monoisotopic (exact) mass is 334 g/mol. The van der Waals surface area contributed by atoms with Crippen LogP contribution < -0.4 is 15.4 Å². The van der Waals surface area contributed by atoms with Crippen LogP contribution >= 0.6 is 11.6 Å². The van der Waals surface area contributed by atoms with E-state index in [0.717, 1.165) is 17.0 Å². The van der Waals surface area contributed by atoms with Gasteiger partial charge >= 0.3 is 0 Å². The van der Waals surface area contributed by atoms with Gasteiger partial charge in [0.05, 0.1) is 13.7 Å². The van der Waals surface area contributed by atoms with Gasteiger partial charge < -0.3 is 20.5 Å². The Morgan fingerprint density at radius 1 is 1.26 bits per heavy atom. The number of anilines is 1. The smallest absolute Gasteiger partial charge is 0.251 e. The Bertz CT molecular complexity index is 677. The maximum Gasteiger partial charge on any atom is 0.251 e. The van der Waals surface area contributed by atoms with Crippen LogP contribution in [0.1, 0.15) is 15.9 Å². The molecule has 122 valence electrons. The highest BCUT2D eigenvalue weighted by Crippen LogP contribution is 2.23. The molecule has 3 N–H and O–H groups in total. The van der Waals surface area contributed by atoms with Crippen LogP contribution in [0.3, 0.4) is 0 Å². The van der Waals surface area contributed by atoms with Crippen molar-refractivity contribution in [3.63, 3.8) is 0 Å². The Labute approximate surface area is 140 Å². The second-order valence-electron chi connectivity index (χ2n) is 4.87. The molecule has 0 atom stereocenters. The van der Waals surface area contributed by atoms with E-state index in [1.54, 1.807) is 31.4 Å². The third kappa shape index (κ3) is 4.87. The number of carbonyl (C=O) groups excluding carboxylic acids is 1. The zero-order valence-electron chi connectivity index (χ0n) is 12.8. The first-order valence-electron chi connectivity index (χ1n) is 7.19. The maximum absolute atomic E-state index is 11.9. The van der Waals surface area contributed by atoms with Gasteiger partial charge in [0.2, 0.25) is 0 Å². The molecule has 6 heteroatoms. The molecule has 5 nitrogen and oxygen atoms in total. The van der Waals surface area contributed by atoms with Crippen LogP contribution in [0, 0.1) is 0 Å². The molecule has 0 aromatic heterocycles. The fraction of sp³-hybridized carbons (Fsp3) is 0.235. The number of benzene rings is 2. The van der Waals surface area contributed by atoms with Crippen LogP contribution in [0.4, 0.5) is 5.69 Å². The summed E-state index contributed by atoms with van der Waals surface area (Å²) in [5, 5.41) is 15.3. The van der Waals surface area contributed by atoms with E-state index in [2.05, 4.69) is 10.6 Å². The quantitative estimate of drug-likeness (QED) is 0.728. The fourth-order valence-electron chi connectivity index (χ4n) is 2.12. The zero-order chi connectivity index (χ0) is 16.7. The average molecular weight is 335 g/mol. The van der Waals surface area contributed by atoms with Crippen molar-refractivity contribution in [3.8, 4) is 5.75 Å². The van der Waals surface area contributed by atoms with Crippen LogP contribution in [0.25, 0.3) is 0 Å². The van der Waals surface area contributed by atoms with Crippen molar-refractivity contribution < 1.29 is 14.6 Å². The van der Waals surface area contributed by atoms with Gasteiger partial charge in [-0.1, -0.05) is 17.7 Å². The van der Waals surface area contributed by atoms with Crippen molar-refractivity contribution in [2.75, 3.05) is 25.6 Å². The molecule has 0 saturated carbocycles. The summed E-state index contributed by atoms with van der Waals surface area (Å²) in [7, 11) is 1.61. The number of hydrogen-bond acceptors (Lipinski definition) is 4. The Kier molecular flexibility index (Phi) is 6.26. The molecule has 0 saturated heterocycles. The summed E-state index contributed by atoms with van der Waals surface area (Å²) in [5.41, 5.74) is 2.26. The van der Waals surface area contributed by atoms with Gasteiger partial charge in [-0.05, 0) is 36.4 Å². The van der Waals surface area contributed by atoms with Crippen molar-refractivity contribution in [3.05, 3.63) is 58.6 Å². The van der Waals surface area contributed by atoms with Gasteiger partial charge in [-0.3, -0.25) is 4.79 Å². The zero-order valence-corrected chi connectivity index (χ0v) is 13.6. The van der Waals surface area contributed by atoms with Crippen molar-refractivity contribution in [1.29, 1.82) is 0 Å². The van der Waals surface area contributed by atoms with E-state index in [4.69, 9.17) is 21.4 Å². The summed E-state index contributed by atoms with van der Waals surface area (Å²) >= 11 is 6.01. The summed E-state index contributed by atoms with van der Waals surface area (Å²) in [6.07, 6.45) is 0. The molecule has 0 aliphatic rings. The number of carbonyl (C=O) groups is 1. The molecule has 2 rings (SSSR count). The molecule has 0 aliphatic carbocycles.